The second-order valence-corrected chi connectivity index (χ2v) is 5.48. The lowest BCUT2D eigenvalue weighted by atomic mass is 9.95. The summed E-state index contributed by atoms with van der Waals surface area (Å²) in [6.45, 7) is 2.91. The van der Waals surface area contributed by atoms with Gasteiger partial charge in [0.15, 0.2) is 0 Å². The highest BCUT2D eigenvalue weighted by molar-refractivity contribution is 7.99. The van der Waals surface area contributed by atoms with E-state index in [1.165, 1.54) is 24.3 Å². The number of nitrogens with zero attached hydrogens (tertiary/aromatic N) is 1. The van der Waals surface area contributed by atoms with E-state index in [0.29, 0.717) is 0 Å². The molecule has 14 heavy (non-hydrogen) atoms. The highest BCUT2D eigenvalue weighted by Gasteiger charge is 2.29. The van der Waals surface area contributed by atoms with E-state index < -0.39 is 0 Å². The molecule has 0 aromatic rings. The third-order valence-electron chi connectivity index (χ3n) is 2.77. The lowest BCUT2D eigenvalue weighted by molar-refractivity contribution is 0.309. The van der Waals surface area contributed by atoms with Crippen LogP contribution in [0, 0.1) is 0 Å². The highest BCUT2D eigenvalue weighted by Crippen LogP contribution is 2.25. The van der Waals surface area contributed by atoms with E-state index in [9.17, 15) is 0 Å². The van der Waals surface area contributed by atoms with Crippen molar-refractivity contribution in [1.29, 1.82) is 0 Å². The van der Waals surface area contributed by atoms with Gasteiger partial charge in [0.1, 0.15) is 0 Å². The summed E-state index contributed by atoms with van der Waals surface area (Å²) in [5, 5.41) is 3.63. The maximum Gasteiger partial charge on any atom is 0.0396 e. The third kappa shape index (κ3) is 3.77. The topological polar surface area (TPSA) is 41.3 Å². The average Bonchev–Trinajstić information content (AvgIpc) is 2.19. The Labute approximate surface area is 91.8 Å². The third-order valence-corrected chi connectivity index (χ3v) is 4.11. The molecule has 1 aliphatic heterocycles. The van der Waals surface area contributed by atoms with E-state index in [1.807, 2.05) is 11.8 Å². The fourth-order valence-electron chi connectivity index (χ4n) is 1.77. The number of likely N-dealkylation sites (N-methyl/N-ethyl adjacent to an activating group) is 1. The molecule has 0 saturated carbocycles. The molecule has 0 radical (unpaired) electrons. The van der Waals surface area contributed by atoms with Crippen LogP contribution in [0.25, 0.3) is 0 Å². The van der Waals surface area contributed by atoms with Crippen molar-refractivity contribution in [2.24, 2.45) is 5.73 Å². The maximum atomic E-state index is 5.87. The zero-order valence-electron chi connectivity index (χ0n) is 9.38. The number of nitrogens with two attached hydrogens (primary N) is 1. The molecule has 1 heterocycles. The summed E-state index contributed by atoms with van der Waals surface area (Å²) in [4.78, 5) is 2.20. The fraction of sp³-hybridized carbons (Fsp3) is 1.00. The Bertz CT molecular complexity index is 155. The van der Waals surface area contributed by atoms with Gasteiger partial charge in [-0.25, -0.2) is 0 Å². The van der Waals surface area contributed by atoms with Gasteiger partial charge in [-0.3, -0.25) is 0 Å². The van der Waals surface area contributed by atoms with Gasteiger partial charge in [-0.1, -0.05) is 0 Å². The molecule has 3 nitrogen and oxygen atoms in total. The van der Waals surface area contributed by atoms with Gasteiger partial charge in [-0.2, -0.15) is 11.8 Å². The SMILES string of the molecule is CN(C)CCNC1(CN)CCCSC1. The number of hydrogen-bond acceptors (Lipinski definition) is 4. The lowest BCUT2D eigenvalue weighted by Crippen LogP contribution is -2.56. The maximum absolute atomic E-state index is 5.87. The summed E-state index contributed by atoms with van der Waals surface area (Å²) in [6.07, 6.45) is 2.54. The van der Waals surface area contributed by atoms with Gasteiger partial charge in [0.05, 0.1) is 0 Å². The van der Waals surface area contributed by atoms with Crippen LogP contribution in [0.15, 0.2) is 0 Å². The van der Waals surface area contributed by atoms with Crippen LogP contribution in [-0.4, -0.2) is 55.7 Å². The highest BCUT2D eigenvalue weighted by atomic mass is 32.2. The predicted octanol–water partition coefficient (Wildman–Crippen LogP) is 0.362. The Morgan fingerprint density at radius 1 is 1.50 bits per heavy atom. The summed E-state index contributed by atoms with van der Waals surface area (Å²) in [7, 11) is 4.21. The van der Waals surface area contributed by atoms with Crippen molar-refractivity contribution >= 4 is 11.8 Å². The molecule has 1 rings (SSSR count). The fourth-order valence-corrected chi connectivity index (χ4v) is 3.02. The van der Waals surface area contributed by atoms with Gasteiger partial charge in [0.2, 0.25) is 0 Å². The molecule has 1 fully saturated rings. The zero-order valence-corrected chi connectivity index (χ0v) is 10.2. The van der Waals surface area contributed by atoms with E-state index in [0.717, 1.165) is 19.6 Å². The minimum atomic E-state index is 0.221. The smallest absolute Gasteiger partial charge is 0.0396 e. The summed E-state index contributed by atoms with van der Waals surface area (Å²) < 4.78 is 0. The second kappa shape index (κ2) is 5.95. The molecule has 0 spiro atoms. The minimum Gasteiger partial charge on any atom is -0.329 e. The van der Waals surface area contributed by atoms with Crippen LogP contribution in [0.5, 0.6) is 0 Å². The van der Waals surface area contributed by atoms with E-state index >= 15 is 0 Å². The molecule has 0 aromatic heterocycles. The number of thioether (sulfide) groups is 1. The molecule has 0 bridgehead atoms. The first-order valence-corrected chi connectivity index (χ1v) is 6.52. The zero-order chi connectivity index (χ0) is 10.4. The van der Waals surface area contributed by atoms with Crippen LogP contribution in [0.1, 0.15) is 12.8 Å². The van der Waals surface area contributed by atoms with Crippen LogP contribution in [0.4, 0.5) is 0 Å². The van der Waals surface area contributed by atoms with E-state index in [1.54, 1.807) is 0 Å². The van der Waals surface area contributed by atoms with Crippen molar-refractivity contribution in [2.45, 2.75) is 18.4 Å². The van der Waals surface area contributed by atoms with E-state index in [-0.39, 0.29) is 5.54 Å². The quantitative estimate of drug-likeness (QED) is 0.698. The van der Waals surface area contributed by atoms with Crippen LogP contribution in [0.3, 0.4) is 0 Å². The van der Waals surface area contributed by atoms with Gasteiger partial charge >= 0.3 is 0 Å². The monoisotopic (exact) mass is 217 g/mol. The van der Waals surface area contributed by atoms with Gasteiger partial charge in [-0.15, -0.1) is 0 Å². The molecule has 1 aliphatic rings. The first-order chi connectivity index (χ1) is 6.68. The molecule has 1 unspecified atom stereocenters. The van der Waals surface area contributed by atoms with Crippen molar-refractivity contribution in [2.75, 3.05) is 45.2 Å². The Hall–Kier alpha value is 0.230. The van der Waals surface area contributed by atoms with Gasteiger partial charge in [0.25, 0.3) is 0 Å². The average molecular weight is 217 g/mol. The molecular weight excluding hydrogens is 194 g/mol. The predicted molar refractivity (Wildman–Crippen MR) is 64.9 cm³/mol. The molecule has 0 aromatic carbocycles. The number of rotatable bonds is 5. The molecular formula is C10H23N3S. The molecule has 3 N–H and O–H groups in total. The van der Waals surface area contributed by atoms with Crippen LogP contribution in [-0.2, 0) is 0 Å². The number of hydrogen-bond donors (Lipinski definition) is 2. The standard InChI is InChI=1S/C10H23N3S/c1-13(2)6-5-12-10(8-11)4-3-7-14-9-10/h12H,3-9,11H2,1-2H3. The van der Waals surface area contributed by atoms with Gasteiger partial charge in [0, 0.05) is 30.9 Å². The Morgan fingerprint density at radius 3 is 2.79 bits per heavy atom. The largest absolute Gasteiger partial charge is 0.329 e. The molecule has 1 atom stereocenters. The molecule has 0 amide bonds. The second-order valence-electron chi connectivity index (χ2n) is 4.37. The van der Waals surface area contributed by atoms with Crippen molar-refractivity contribution in [3.8, 4) is 0 Å². The lowest BCUT2D eigenvalue weighted by Gasteiger charge is -2.37. The summed E-state index contributed by atoms with van der Waals surface area (Å²) in [6, 6.07) is 0. The van der Waals surface area contributed by atoms with Crippen molar-refractivity contribution in [3.05, 3.63) is 0 Å². The van der Waals surface area contributed by atoms with Gasteiger partial charge in [-0.05, 0) is 32.7 Å². The number of nitrogens with one attached hydrogen (secondary N) is 1. The Kier molecular flexibility index (Phi) is 5.23. The van der Waals surface area contributed by atoms with Crippen LogP contribution < -0.4 is 11.1 Å². The van der Waals surface area contributed by atoms with Gasteiger partial charge < -0.3 is 16.0 Å². The summed E-state index contributed by atoms with van der Waals surface area (Å²) >= 11 is 2.03. The summed E-state index contributed by atoms with van der Waals surface area (Å²) in [5.41, 5.74) is 6.09. The van der Waals surface area contributed by atoms with Crippen molar-refractivity contribution in [1.82, 2.24) is 10.2 Å². The Balaban J connectivity index is 2.29. The summed E-state index contributed by atoms with van der Waals surface area (Å²) in [5.74, 6) is 2.48. The van der Waals surface area contributed by atoms with Crippen molar-refractivity contribution < 1.29 is 0 Å². The first kappa shape index (κ1) is 12.3. The molecule has 1 saturated heterocycles. The Morgan fingerprint density at radius 2 is 2.29 bits per heavy atom. The van der Waals surface area contributed by atoms with Crippen molar-refractivity contribution in [3.63, 3.8) is 0 Å². The van der Waals surface area contributed by atoms with Crippen LogP contribution in [0.2, 0.25) is 0 Å². The molecule has 0 aliphatic carbocycles. The van der Waals surface area contributed by atoms with E-state index in [2.05, 4.69) is 24.3 Å². The molecule has 4 heteroatoms. The van der Waals surface area contributed by atoms with E-state index in [4.69, 9.17) is 5.73 Å². The van der Waals surface area contributed by atoms with Crippen LogP contribution >= 0.6 is 11.8 Å². The normalized spacial score (nSPS) is 28.3. The molecule has 84 valence electrons. The first-order valence-electron chi connectivity index (χ1n) is 5.36. The minimum absolute atomic E-state index is 0.221.